The van der Waals surface area contributed by atoms with Gasteiger partial charge in [0.15, 0.2) is 0 Å². The van der Waals surface area contributed by atoms with E-state index >= 15 is 0 Å². The first-order chi connectivity index (χ1) is 7.47. The van der Waals surface area contributed by atoms with Gasteiger partial charge in [-0.25, -0.2) is 0 Å². The van der Waals surface area contributed by atoms with E-state index in [-0.39, 0.29) is 5.41 Å². The highest BCUT2D eigenvalue weighted by molar-refractivity contribution is 5.59. The van der Waals surface area contributed by atoms with E-state index in [4.69, 9.17) is 5.21 Å². The highest BCUT2D eigenvalue weighted by atomic mass is 16.5. The maximum atomic E-state index is 9.10. The van der Waals surface area contributed by atoms with Crippen LogP contribution in [0.3, 0.4) is 0 Å². The van der Waals surface area contributed by atoms with Gasteiger partial charge in [0, 0.05) is 5.56 Å². The second-order valence-corrected chi connectivity index (χ2v) is 4.95. The molecule has 1 heterocycles. The number of rotatable bonds is 1. The fourth-order valence-corrected chi connectivity index (χ4v) is 1.61. The molecule has 0 spiro atoms. The molecule has 16 heavy (non-hydrogen) atoms. The molecule has 3 nitrogen and oxygen atoms in total. The van der Waals surface area contributed by atoms with Gasteiger partial charge in [-0.15, -0.1) is 9.94 Å². The van der Waals surface area contributed by atoms with E-state index in [1.807, 2.05) is 12.1 Å². The maximum Gasteiger partial charge on any atom is 0.0958 e. The van der Waals surface area contributed by atoms with Crippen molar-refractivity contribution in [2.75, 3.05) is 0 Å². The Morgan fingerprint density at radius 2 is 1.69 bits per heavy atom. The predicted molar refractivity (Wildman–Crippen MR) is 63.5 cm³/mol. The summed E-state index contributed by atoms with van der Waals surface area (Å²) in [6.07, 6.45) is 1.52. The van der Waals surface area contributed by atoms with Crippen LogP contribution in [-0.4, -0.2) is 15.2 Å². The minimum absolute atomic E-state index is 0.162. The summed E-state index contributed by atoms with van der Waals surface area (Å²) >= 11 is 0. The second kappa shape index (κ2) is 3.67. The third kappa shape index (κ3) is 2.08. The van der Waals surface area contributed by atoms with Crippen molar-refractivity contribution in [3.8, 4) is 11.3 Å². The molecule has 2 aromatic rings. The molecule has 0 saturated carbocycles. The molecule has 0 unspecified atom stereocenters. The Morgan fingerprint density at radius 3 is 2.12 bits per heavy atom. The summed E-state index contributed by atoms with van der Waals surface area (Å²) in [7, 11) is 0. The van der Waals surface area contributed by atoms with E-state index < -0.39 is 0 Å². The van der Waals surface area contributed by atoms with Gasteiger partial charge >= 0.3 is 0 Å². The molecule has 0 bridgehead atoms. The van der Waals surface area contributed by atoms with Crippen molar-refractivity contribution in [2.45, 2.75) is 26.2 Å². The summed E-state index contributed by atoms with van der Waals surface area (Å²) in [4.78, 5) is 0.826. The molecule has 1 aromatic heterocycles. The Bertz CT molecular complexity index is 477. The topological polar surface area (TPSA) is 38.0 Å². The first-order valence-electron chi connectivity index (χ1n) is 5.33. The highest BCUT2D eigenvalue weighted by Gasteiger charge is 2.13. The molecule has 0 aliphatic carbocycles. The molecule has 0 aliphatic heterocycles. The maximum absolute atomic E-state index is 9.10. The highest BCUT2D eigenvalue weighted by Crippen LogP contribution is 2.25. The van der Waals surface area contributed by atoms with Crippen molar-refractivity contribution in [3.63, 3.8) is 0 Å². The SMILES string of the molecule is CC(C)(C)c1ccc(-c2ccn(O)n2)cc1. The average molecular weight is 216 g/mol. The molecule has 1 aromatic carbocycles. The Labute approximate surface area is 95.3 Å². The van der Waals surface area contributed by atoms with Crippen molar-refractivity contribution in [1.82, 2.24) is 9.94 Å². The Hall–Kier alpha value is -1.77. The van der Waals surface area contributed by atoms with E-state index in [0.717, 1.165) is 16.1 Å². The monoisotopic (exact) mass is 216 g/mol. The molecule has 84 valence electrons. The third-order valence-electron chi connectivity index (χ3n) is 2.62. The van der Waals surface area contributed by atoms with Gasteiger partial charge in [-0.2, -0.15) is 0 Å². The zero-order chi connectivity index (χ0) is 11.8. The van der Waals surface area contributed by atoms with E-state index in [1.54, 1.807) is 6.07 Å². The van der Waals surface area contributed by atoms with E-state index in [2.05, 4.69) is 38.0 Å². The van der Waals surface area contributed by atoms with Gasteiger partial charge in [0.1, 0.15) is 0 Å². The predicted octanol–water partition coefficient (Wildman–Crippen LogP) is 3.08. The molecule has 3 heteroatoms. The van der Waals surface area contributed by atoms with Gasteiger partial charge in [-0.05, 0) is 17.0 Å². The lowest BCUT2D eigenvalue weighted by atomic mass is 9.86. The lowest BCUT2D eigenvalue weighted by molar-refractivity contribution is 0.149. The minimum atomic E-state index is 0.162. The number of nitrogens with zero attached hydrogens (tertiary/aromatic N) is 2. The first kappa shape index (κ1) is 10.7. The second-order valence-electron chi connectivity index (χ2n) is 4.95. The molecule has 0 radical (unpaired) electrons. The third-order valence-corrected chi connectivity index (χ3v) is 2.62. The average Bonchev–Trinajstić information content (AvgIpc) is 2.64. The van der Waals surface area contributed by atoms with Crippen LogP contribution in [0.4, 0.5) is 0 Å². The number of benzene rings is 1. The van der Waals surface area contributed by atoms with E-state index in [1.165, 1.54) is 11.8 Å². The van der Waals surface area contributed by atoms with Crippen molar-refractivity contribution in [1.29, 1.82) is 0 Å². The largest absolute Gasteiger partial charge is 0.412 e. The van der Waals surface area contributed by atoms with Gasteiger partial charge in [-0.1, -0.05) is 45.0 Å². The zero-order valence-corrected chi connectivity index (χ0v) is 9.81. The molecule has 0 aliphatic rings. The van der Waals surface area contributed by atoms with Gasteiger partial charge in [0.25, 0.3) is 0 Å². The molecule has 1 N–H and O–H groups in total. The quantitative estimate of drug-likeness (QED) is 0.744. The summed E-state index contributed by atoms with van der Waals surface area (Å²) in [5.41, 5.74) is 3.25. The summed E-state index contributed by atoms with van der Waals surface area (Å²) < 4.78 is 0. The van der Waals surface area contributed by atoms with Crippen molar-refractivity contribution < 1.29 is 5.21 Å². The zero-order valence-electron chi connectivity index (χ0n) is 9.81. The smallest absolute Gasteiger partial charge is 0.0958 e. The lowest BCUT2D eigenvalue weighted by Gasteiger charge is -2.18. The van der Waals surface area contributed by atoms with Crippen LogP contribution < -0.4 is 0 Å². The summed E-state index contributed by atoms with van der Waals surface area (Å²) in [5, 5.41) is 13.0. The van der Waals surface area contributed by atoms with Crippen LogP contribution in [0.2, 0.25) is 0 Å². The van der Waals surface area contributed by atoms with Gasteiger partial charge in [0.2, 0.25) is 0 Å². The molecule has 0 saturated heterocycles. The van der Waals surface area contributed by atoms with Crippen molar-refractivity contribution >= 4 is 0 Å². The molecule has 0 atom stereocenters. The molecule has 0 fully saturated rings. The number of hydrogen-bond acceptors (Lipinski definition) is 2. The van der Waals surface area contributed by atoms with Gasteiger partial charge in [-0.3, -0.25) is 0 Å². The molecular weight excluding hydrogens is 200 g/mol. The number of hydrogen-bond donors (Lipinski definition) is 1. The van der Waals surface area contributed by atoms with Crippen molar-refractivity contribution in [2.24, 2.45) is 0 Å². The fraction of sp³-hybridized carbons (Fsp3) is 0.308. The van der Waals surface area contributed by atoms with Crippen LogP contribution >= 0.6 is 0 Å². The van der Waals surface area contributed by atoms with Crippen LogP contribution in [-0.2, 0) is 5.41 Å². The Balaban J connectivity index is 2.33. The summed E-state index contributed by atoms with van der Waals surface area (Å²) in [5.74, 6) is 0. The Kier molecular flexibility index (Phi) is 2.46. The van der Waals surface area contributed by atoms with E-state index in [0.29, 0.717) is 0 Å². The number of aromatic nitrogens is 2. The summed E-state index contributed by atoms with van der Waals surface area (Å²) in [6.45, 7) is 6.55. The van der Waals surface area contributed by atoms with Crippen LogP contribution in [0.1, 0.15) is 26.3 Å². The lowest BCUT2D eigenvalue weighted by Crippen LogP contribution is -2.10. The Morgan fingerprint density at radius 1 is 1.06 bits per heavy atom. The van der Waals surface area contributed by atoms with Gasteiger partial charge < -0.3 is 5.21 Å². The molecule has 2 rings (SSSR count). The van der Waals surface area contributed by atoms with Crippen LogP contribution in [0.15, 0.2) is 36.5 Å². The minimum Gasteiger partial charge on any atom is -0.412 e. The van der Waals surface area contributed by atoms with Crippen molar-refractivity contribution in [3.05, 3.63) is 42.1 Å². The first-order valence-corrected chi connectivity index (χ1v) is 5.33. The fourth-order valence-electron chi connectivity index (χ4n) is 1.61. The van der Waals surface area contributed by atoms with E-state index in [9.17, 15) is 0 Å². The molecule has 0 amide bonds. The summed E-state index contributed by atoms with van der Waals surface area (Å²) in [6, 6.07) is 10.1. The molecular formula is C13H16N2O. The standard InChI is InChI=1S/C13H16N2O/c1-13(2,3)11-6-4-10(5-7-11)12-8-9-15(16)14-12/h4-9,16H,1-3H3. The van der Waals surface area contributed by atoms with Crippen LogP contribution in [0.25, 0.3) is 11.3 Å². The normalized spacial score (nSPS) is 11.7. The van der Waals surface area contributed by atoms with Crippen LogP contribution in [0, 0.1) is 0 Å². The van der Waals surface area contributed by atoms with Crippen LogP contribution in [0.5, 0.6) is 0 Å². The van der Waals surface area contributed by atoms with Gasteiger partial charge in [0.05, 0.1) is 11.9 Å².